The van der Waals surface area contributed by atoms with Crippen molar-refractivity contribution in [3.05, 3.63) is 12.2 Å². The summed E-state index contributed by atoms with van der Waals surface area (Å²) in [6.07, 6.45) is 4.99. The first kappa shape index (κ1) is 18.3. The van der Waals surface area contributed by atoms with E-state index in [0.29, 0.717) is 25.7 Å². The maximum absolute atomic E-state index is 13.2. The lowest BCUT2D eigenvalue weighted by Gasteiger charge is -2.60. The highest BCUT2D eigenvalue weighted by Crippen LogP contribution is 2.66. The van der Waals surface area contributed by atoms with Gasteiger partial charge in [0.05, 0.1) is 6.10 Å². The van der Waals surface area contributed by atoms with Crippen molar-refractivity contribution in [1.82, 2.24) is 0 Å². The minimum Gasteiger partial charge on any atom is -0.389 e. The Morgan fingerprint density at radius 2 is 1.77 bits per heavy atom. The summed E-state index contributed by atoms with van der Waals surface area (Å²) in [5.74, 6) is -0.972. The van der Waals surface area contributed by atoms with Gasteiger partial charge in [-0.15, -0.1) is 0 Å². The maximum atomic E-state index is 13.2. The molecule has 0 bridgehead atoms. The average Bonchev–Trinajstić information content (AvgIpc) is 2.87. The van der Waals surface area contributed by atoms with Crippen molar-refractivity contribution in [1.29, 1.82) is 0 Å². The van der Waals surface area contributed by atoms with Crippen LogP contribution in [0.25, 0.3) is 0 Å². The molecule has 3 N–H and O–H groups in total. The van der Waals surface area contributed by atoms with Crippen LogP contribution in [0.15, 0.2) is 12.2 Å². The number of fused-ring (bicyclic) bond motifs is 5. The van der Waals surface area contributed by atoms with Gasteiger partial charge in [0.15, 0.2) is 11.6 Å². The Bertz CT molecular complexity index is 686. The number of aliphatic hydroxyl groups excluding tert-OH is 2. The second kappa shape index (κ2) is 5.49. The number of ketones is 2. The number of carbonyl (C=O) groups is 2. The van der Waals surface area contributed by atoms with Gasteiger partial charge in [0.25, 0.3) is 0 Å². The van der Waals surface area contributed by atoms with Crippen LogP contribution in [0.1, 0.15) is 52.9 Å². The predicted octanol–water partition coefficient (Wildman–Crippen LogP) is 1.64. The first-order valence-electron chi connectivity index (χ1n) is 9.89. The van der Waals surface area contributed by atoms with Gasteiger partial charge in [0.2, 0.25) is 0 Å². The molecule has 3 saturated carbocycles. The number of allylic oxidation sites excluding steroid dienone is 1. The van der Waals surface area contributed by atoms with E-state index in [1.165, 1.54) is 6.92 Å². The average molecular weight is 362 g/mol. The number of aliphatic hydroxyl groups is 3. The van der Waals surface area contributed by atoms with Gasteiger partial charge in [-0.3, -0.25) is 9.59 Å². The highest BCUT2D eigenvalue weighted by Gasteiger charge is 2.68. The lowest BCUT2D eigenvalue weighted by Crippen LogP contribution is -2.63. The summed E-state index contributed by atoms with van der Waals surface area (Å²) in [7, 11) is 0. The van der Waals surface area contributed by atoms with Crippen LogP contribution < -0.4 is 0 Å². The highest BCUT2D eigenvalue weighted by molar-refractivity contribution is 5.89. The lowest BCUT2D eigenvalue weighted by molar-refractivity contribution is -0.181. The second-order valence-electron chi connectivity index (χ2n) is 9.63. The Kier molecular flexibility index (Phi) is 3.87. The topological polar surface area (TPSA) is 94.8 Å². The number of hydrogen-bond donors (Lipinski definition) is 3. The van der Waals surface area contributed by atoms with Crippen LogP contribution in [0.4, 0.5) is 0 Å². The van der Waals surface area contributed by atoms with E-state index in [4.69, 9.17) is 0 Å². The van der Waals surface area contributed by atoms with Gasteiger partial charge in [-0.1, -0.05) is 26.0 Å². The minimum absolute atomic E-state index is 0.0829. The van der Waals surface area contributed by atoms with Crippen LogP contribution in [0.3, 0.4) is 0 Å². The normalized spacial score (nSPS) is 55.8. The van der Waals surface area contributed by atoms with Gasteiger partial charge in [-0.25, -0.2) is 0 Å². The summed E-state index contributed by atoms with van der Waals surface area (Å²) >= 11 is 0. The molecule has 4 aliphatic carbocycles. The van der Waals surface area contributed by atoms with E-state index in [2.05, 4.69) is 6.92 Å². The fourth-order valence-corrected chi connectivity index (χ4v) is 7.13. The summed E-state index contributed by atoms with van der Waals surface area (Å²) in [6, 6.07) is 0. The Labute approximate surface area is 154 Å². The summed E-state index contributed by atoms with van der Waals surface area (Å²) in [5, 5.41) is 31.9. The van der Waals surface area contributed by atoms with Crippen LogP contribution in [-0.4, -0.2) is 44.7 Å². The molecule has 0 aromatic heterocycles. The van der Waals surface area contributed by atoms with Gasteiger partial charge in [-0.2, -0.15) is 0 Å². The van der Waals surface area contributed by atoms with Crippen LogP contribution in [0.2, 0.25) is 0 Å². The molecule has 3 unspecified atom stereocenters. The molecule has 0 amide bonds. The molecule has 0 radical (unpaired) electrons. The van der Waals surface area contributed by atoms with Crippen molar-refractivity contribution in [2.45, 2.75) is 70.7 Å². The first-order chi connectivity index (χ1) is 12.1. The van der Waals surface area contributed by atoms with E-state index < -0.39 is 23.2 Å². The van der Waals surface area contributed by atoms with Gasteiger partial charge < -0.3 is 15.3 Å². The van der Waals surface area contributed by atoms with Crippen molar-refractivity contribution in [2.75, 3.05) is 0 Å². The predicted molar refractivity (Wildman–Crippen MR) is 95.1 cm³/mol. The number of rotatable bonds is 1. The molecule has 3 fully saturated rings. The molecular formula is C21H30O5. The van der Waals surface area contributed by atoms with Gasteiger partial charge in [0.1, 0.15) is 11.7 Å². The Hall–Kier alpha value is -1.04. The molecule has 5 heteroatoms. The lowest BCUT2D eigenvalue weighted by atomic mass is 9.44. The molecule has 0 spiro atoms. The summed E-state index contributed by atoms with van der Waals surface area (Å²) < 4.78 is 0. The zero-order valence-corrected chi connectivity index (χ0v) is 15.8. The van der Waals surface area contributed by atoms with Crippen molar-refractivity contribution in [2.24, 2.45) is 34.5 Å². The Morgan fingerprint density at radius 3 is 2.42 bits per heavy atom. The van der Waals surface area contributed by atoms with Crippen LogP contribution in [0.5, 0.6) is 0 Å². The molecule has 4 aliphatic rings. The molecule has 0 saturated heterocycles. The van der Waals surface area contributed by atoms with Crippen molar-refractivity contribution >= 4 is 11.6 Å². The third-order valence-corrected chi connectivity index (χ3v) is 8.78. The fraction of sp³-hybridized carbons (Fsp3) is 0.810. The van der Waals surface area contributed by atoms with E-state index in [1.807, 2.05) is 13.0 Å². The molecule has 26 heavy (non-hydrogen) atoms. The third-order valence-electron chi connectivity index (χ3n) is 8.78. The van der Waals surface area contributed by atoms with Gasteiger partial charge in [-0.05, 0) is 56.3 Å². The SMILES string of the molecule is CC(=O)[C@@]1(O)CC[C@H]2[C@@H]3C(=O)C(O)C4CC(O)C=C[C@]4(C)[C@H]3CC[C@@]21C. The summed E-state index contributed by atoms with van der Waals surface area (Å²) in [5.41, 5.74) is -2.32. The molecule has 9 atom stereocenters. The van der Waals surface area contributed by atoms with E-state index in [0.717, 1.165) is 6.42 Å². The highest BCUT2D eigenvalue weighted by atomic mass is 16.3. The van der Waals surface area contributed by atoms with E-state index in [9.17, 15) is 24.9 Å². The Balaban J connectivity index is 1.78. The maximum Gasteiger partial charge on any atom is 0.165 e. The third kappa shape index (κ3) is 2.02. The monoisotopic (exact) mass is 362 g/mol. The molecule has 0 aromatic rings. The smallest absolute Gasteiger partial charge is 0.165 e. The molecule has 144 valence electrons. The van der Waals surface area contributed by atoms with E-state index in [-0.39, 0.29) is 40.7 Å². The van der Waals surface area contributed by atoms with Crippen molar-refractivity contribution in [3.8, 4) is 0 Å². The standard InChI is InChI=1S/C21H30O5/c1-11(22)21(26)9-6-14-16-13(5-8-20(14,21)3)19(2)7-4-12(23)10-15(19)17(24)18(16)25/h4,7,12-17,23-24,26H,5-6,8-10H2,1-3H3/t12?,13-,14-,15?,16+,17?,19+,20-,21-/m0/s1. The fourth-order valence-electron chi connectivity index (χ4n) is 7.13. The van der Waals surface area contributed by atoms with E-state index >= 15 is 0 Å². The van der Waals surface area contributed by atoms with Crippen LogP contribution in [-0.2, 0) is 9.59 Å². The zero-order valence-electron chi connectivity index (χ0n) is 15.8. The molecular weight excluding hydrogens is 332 g/mol. The van der Waals surface area contributed by atoms with Crippen LogP contribution in [0, 0.1) is 34.5 Å². The number of Topliss-reactive ketones (excluding diaryl/α,β-unsaturated/α-hetero) is 2. The largest absolute Gasteiger partial charge is 0.389 e. The Morgan fingerprint density at radius 1 is 1.12 bits per heavy atom. The molecule has 0 heterocycles. The molecule has 0 aromatic carbocycles. The second-order valence-corrected chi connectivity index (χ2v) is 9.63. The van der Waals surface area contributed by atoms with Crippen LogP contribution >= 0.6 is 0 Å². The van der Waals surface area contributed by atoms with Gasteiger partial charge >= 0.3 is 0 Å². The molecule has 0 aliphatic heterocycles. The van der Waals surface area contributed by atoms with Gasteiger partial charge in [0, 0.05) is 17.3 Å². The minimum atomic E-state index is -1.37. The molecule has 5 nitrogen and oxygen atoms in total. The first-order valence-corrected chi connectivity index (χ1v) is 9.89. The van der Waals surface area contributed by atoms with E-state index in [1.54, 1.807) is 6.08 Å². The quantitative estimate of drug-likeness (QED) is 0.617. The molecule has 4 rings (SSSR count). The van der Waals surface area contributed by atoms with Crippen molar-refractivity contribution < 1.29 is 24.9 Å². The van der Waals surface area contributed by atoms with Crippen molar-refractivity contribution in [3.63, 3.8) is 0 Å². The number of carbonyl (C=O) groups excluding carboxylic acids is 2. The summed E-state index contributed by atoms with van der Waals surface area (Å²) in [4.78, 5) is 25.4. The number of hydrogen-bond acceptors (Lipinski definition) is 5. The summed E-state index contributed by atoms with van der Waals surface area (Å²) in [6.45, 7) is 5.50. The zero-order chi connectivity index (χ0) is 19.1.